The van der Waals surface area contributed by atoms with Gasteiger partial charge in [0.1, 0.15) is 5.82 Å². The van der Waals surface area contributed by atoms with Crippen LogP contribution in [0.5, 0.6) is 0 Å². The van der Waals surface area contributed by atoms with E-state index in [1.807, 2.05) is 13.0 Å². The highest BCUT2D eigenvalue weighted by atomic mass is 32.1. The van der Waals surface area contributed by atoms with Crippen LogP contribution < -0.4 is 10.2 Å². The van der Waals surface area contributed by atoms with E-state index in [1.165, 1.54) is 12.5 Å². The summed E-state index contributed by atoms with van der Waals surface area (Å²) in [5.41, 5.74) is 1.67. The molecule has 0 aliphatic heterocycles. The van der Waals surface area contributed by atoms with E-state index in [-0.39, 0.29) is 28.4 Å². The Bertz CT molecular complexity index is 821. The second-order valence-electron chi connectivity index (χ2n) is 7.17. The summed E-state index contributed by atoms with van der Waals surface area (Å²) in [5.74, 6) is -0.296. The minimum absolute atomic E-state index is 0.0289. The van der Waals surface area contributed by atoms with Crippen molar-refractivity contribution in [2.45, 2.75) is 57.4 Å². The van der Waals surface area contributed by atoms with Crippen LogP contribution in [-0.2, 0) is 16.8 Å². The molecule has 4 nitrogen and oxygen atoms in total. The molecule has 1 aromatic carbocycles. The number of halogens is 1. The number of amides is 1. The van der Waals surface area contributed by atoms with Crippen LogP contribution >= 0.6 is 11.3 Å². The van der Waals surface area contributed by atoms with Gasteiger partial charge in [-0.1, -0.05) is 42.7 Å². The SMILES string of the molecule is Cc1csc(=O)n1CCC(=O)NCC1(c2cccc(F)c2)CCCCC1. The summed E-state index contributed by atoms with van der Waals surface area (Å²) < 4.78 is 15.4. The van der Waals surface area contributed by atoms with Gasteiger partial charge in [0.05, 0.1) is 0 Å². The lowest BCUT2D eigenvalue weighted by Gasteiger charge is -2.38. The van der Waals surface area contributed by atoms with E-state index in [0.29, 0.717) is 13.1 Å². The molecule has 26 heavy (non-hydrogen) atoms. The van der Waals surface area contributed by atoms with Gasteiger partial charge >= 0.3 is 4.87 Å². The first kappa shape index (κ1) is 18.8. The van der Waals surface area contributed by atoms with Gasteiger partial charge in [0.2, 0.25) is 5.91 Å². The van der Waals surface area contributed by atoms with Gasteiger partial charge in [-0.3, -0.25) is 9.59 Å². The number of benzene rings is 1. The summed E-state index contributed by atoms with van der Waals surface area (Å²) >= 11 is 1.16. The van der Waals surface area contributed by atoms with Crippen LogP contribution in [0.25, 0.3) is 0 Å². The number of thiazole rings is 1. The summed E-state index contributed by atoms with van der Waals surface area (Å²) in [6.45, 7) is 2.79. The molecule has 0 radical (unpaired) electrons. The van der Waals surface area contributed by atoms with Crippen LogP contribution in [0.2, 0.25) is 0 Å². The van der Waals surface area contributed by atoms with Crippen LogP contribution in [0, 0.1) is 12.7 Å². The number of nitrogens with zero attached hydrogens (tertiary/aromatic N) is 1. The second kappa shape index (κ2) is 8.16. The van der Waals surface area contributed by atoms with Gasteiger partial charge in [-0.05, 0) is 37.5 Å². The van der Waals surface area contributed by atoms with Crippen LogP contribution in [0.3, 0.4) is 0 Å². The molecule has 0 bridgehead atoms. The van der Waals surface area contributed by atoms with E-state index >= 15 is 0 Å². The van der Waals surface area contributed by atoms with Crippen LogP contribution in [-0.4, -0.2) is 17.0 Å². The fourth-order valence-corrected chi connectivity index (χ4v) is 4.62. The van der Waals surface area contributed by atoms with Crippen molar-refractivity contribution in [1.82, 2.24) is 9.88 Å². The van der Waals surface area contributed by atoms with Crippen molar-refractivity contribution in [3.8, 4) is 0 Å². The second-order valence-corrected chi connectivity index (χ2v) is 7.99. The highest BCUT2D eigenvalue weighted by molar-refractivity contribution is 7.07. The zero-order valence-electron chi connectivity index (χ0n) is 15.1. The zero-order chi connectivity index (χ0) is 18.6. The van der Waals surface area contributed by atoms with Crippen molar-refractivity contribution in [3.63, 3.8) is 0 Å². The maximum Gasteiger partial charge on any atom is 0.307 e. The molecular weight excluding hydrogens is 351 g/mol. The molecular formula is C20H25FN2O2S. The average Bonchev–Trinajstić information content (AvgIpc) is 2.97. The summed E-state index contributed by atoms with van der Waals surface area (Å²) in [7, 11) is 0. The summed E-state index contributed by atoms with van der Waals surface area (Å²) in [5, 5.41) is 4.85. The van der Waals surface area contributed by atoms with Crippen molar-refractivity contribution in [2.75, 3.05) is 6.54 Å². The fourth-order valence-electron chi connectivity index (χ4n) is 3.86. The molecule has 1 amide bonds. The molecule has 1 aromatic heterocycles. The standard InChI is InChI=1S/C20H25FN2O2S/c1-15-13-26-19(25)23(15)11-8-18(24)22-14-20(9-3-2-4-10-20)16-6-5-7-17(21)12-16/h5-7,12-13H,2-4,8-11,14H2,1H3,(H,22,24). The highest BCUT2D eigenvalue weighted by Gasteiger charge is 2.34. The van der Waals surface area contributed by atoms with E-state index in [9.17, 15) is 14.0 Å². The Morgan fingerprint density at radius 3 is 2.73 bits per heavy atom. The van der Waals surface area contributed by atoms with E-state index in [4.69, 9.17) is 0 Å². The van der Waals surface area contributed by atoms with Crippen molar-refractivity contribution >= 4 is 17.2 Å². The Hall–Kier alpha value is -1.95. The molecule has 0 saturated heterocycles. The summed E-state index contributed by atoms with van der Waals surface area (Å²) in [6, 6.07) is 6.77. The van der Waals surface area contributed by atoms with Gasteiger partial charge in [-0.25, -0.2) is 4.39 Å². The van der Waals surface area contributed by atoms with E-state index in [0.717, 1.165) is 48.3 Å². The largest absolute Gasteiger partial charge is 0.355 e. The number of nitrogens with one attached hydrogen (secondary N) is 1. The van der Waals surface area contributed by atoms with Crippen molar-refractivity contribution in [2.24, 2.45) is 0 Å². The Labute approximate surface area is 157 Å². The lowest BCUT2D eigenvalue weighted by molar-refractivity contribution is -0.121. The number of aryl methyl sites for hydroxylation is 1. The van der Waals surface area contributed by atoms with Gasteiger partial charge in [0.25, 0.3) is 0 Å². The fraction of sp³-hybridized carbons (Fsp3) is 0.500. The molecule has 2 aromatic rings. The molecule has 6 heteroatoms. The minimum Gasteiger partial charge on any atom is -0.355 e. The smallest absolute Gasteiger partial charge is 0.307 e. The Balaban J connectivity index is 1.64. The van der Waals surface area contributed by atoms with Gasteiger partial charge in [0, 0.05) is 36.0 Å². The Morgan fingerprint density at radius 2 is 2.08 bits per heavy atom. The van der Waals surface area contributed by atoms with Gasteiger partial charge in [0.15, 0.2) is 0 Å². The van der Waals surface area contributed by atoms with E-state index in [2.05, 4.69) is 5.32 Å². The monoisotopic (exact) mass is 376 g/mol. The van der Waals surface area contributed by atoms with Gasteiger partial charge < -0.3 is 9.88 Å². The Morgan fingerprint density at radius 1 is 1.31 bits per heavy atom. The third-order valence-electron chi connectivity index (χ3n) is 5.41. The van der Waals surface area contributed by atoms with Crippen LogP contribution in [0.1, 0.15) is 49.8 Å². The first-order valence-corrected chi connectivity index (χ1v) is 10.1. The summed E-state index contributed by atoms with van der Waals surface area (Å²) in [4.78, 5) is 24.1. The average molecular weight is 376 g/mol. The first-order valence-electron chi connectivity index (χ1n) is 9.18. The quantitative estimate of drug-likeness (QED) is 0.834. The topological polar surface area (TPSA) is 51.1 Å². The third kappa shape index (κ3) is 4.23. The maximum atomic E-state index is 13.7. The number of carbonyl (C=O) groups is 1. The molecule has 140 valence electrons. The number of aromatic nitrogens is 1. The summed E-state index contributed by atoms with van der Waals surface area (Å²) in [6.07, 6.45) is 5.56. The molecule has 1 heterocycles. The number of carbonyl (C=O) groups excluding carboxylic acids is 1. The lowest BCUT2D eigenvalue weighted by atomic mass is 9.69. The van der Waals surface area contributed by atoms with E-state index in [1.54, 1.807) is 22.1 Å². The molecule has 1 N–H and O–H groups in total. The molecule has 0 spiro atoms. The van der Waals surface area contributed by atoms with Gasteiger partial charge in [-0.2, -0.15) is 0 Å². The molecule has 1 aliphatic carbocycles. The number of rotatable bonds is 6. The predicted octanol–water partition coefficient (Wildman–Crippen LogP) is 3.77. The minimum atomic E-state index is -0.230. The van der Waals surface area contributed by atoms with Crippen molar-refractivity contribution < 1.29 is 9.18 Å². The maximum absolute atomic E-state index is 13.7. The molecule has 1 saturated carbocycles. The lowest BCUT2D eigenvalue weighted by Crippen LogP contribution is -2.42. The third-order valence-corrected chi connectivity index (χ3v) is 6.29. The molecule has 0 unspecified atom stereocenters. The normalized spacial score (nSPS) is 16.4. The number of hydrogen-bond acceptors (Lipinski definition) is 3. The zero-order valence-corrected chi connectivity index (χ0v) is 15.9. The van der Waals surface area contributed by atoms with Crippen molar-refractivity contribution in [1.29, 1.82) is 0 Å². The highest BCUT2D eigenvalue weighted by Crippen LogP contribution is 2.39. The van der Waals surface area contributed by atoms with E-state index < -0.39 is 0 Å². The van der Waals surface area contributed by atoms with Crippen molar-refractivity contribution in [3.05, 3.63) is 56.4 Å². The first-order chi connectivity index (χ1) is 12.5. The van der Waals surface area contributed by atoms with Crippen LogP contribution in [0.4, 0.5) is 4.39 Å². The number of hydrogen-bond donors (Lipinski definition) is 1. The molecule has 3 rings (SSSR count). The van der Waals surface area contributed by atoms with Gasteiger partial charge in [-0.15, -0.1) is 0 Å². The molecule has 1 fully saturated rings. The molecule has 1 aliphatic rings. The Kier molecular flexibility index (Phi) is 5.91. The predicted molar refractivity (Wildman–Crippen MR) is 102 cm³/mol. The van der Waals surface area contributed by atoms with Crippen LogP contribution in [0.15, 0.2) is 34.4 Å². The molecule has 0 atom stereocenters.